The Bertz CT molecular complexity index is 383. The van der Waals surface area contributed by atoms with Gasteiger partial charge in [-0.1, -0.05) is 18.2 Å². The highest BCUT2D eigenvalue weighted by Crippen LogP contribution is 2.15. The molecule has 0 saturated heterocycles. The van der Waals surface area contributed by atoms with E-state index in [1.807, 2.05) is 39.0 Å². The molecule has 2 N–H and O–H groups in total. The lowest BCUT2D eigenvalue weighted by Gasteiger charge is -2.08. The molecule has 1 rings (SSSR count). The number of urea groups is 1. The third-order valence-corrected chi connectivity index (χ3v) is 2.02. The number of amides is 2. The molecule has 80 valence electrons. The van der Waals surface area contributed by atoms with Crippen LogP contribution in [0, 0.1) is 13.8 Å². The summed E-state index contributed by atoms with van der Waals surface area (Å²) in [5, 5.41) is 5.38. The van der Waals surface area contributed by atoms with Crippen molar-refractivity contribution in [2.45, 2.75) is 20.8 Å². The maximum Gasteiger partial charge on any atom is 0.323 e. The zero-order valence-corrected chi connectivity index (χ0v) is 9.29. The van der Waals surface area contributed by atoms with Gasteiger partial charge < -0.3 is 10.6 Å². The molecule has 0 saturated carbocycles. The van der Waals surface area contributed by atoms with Crippen LogP contribution in [0.1, 0.15) is 18.1 Å². The molecule has 1 aromatic rings. The molecule has 3 nitrogen and oxygen atoms in total. The molecule has 0 aromatic heterocycles. The Hall–Kier alpha value is -1.77. The predicted molar refractivity (Wildman–Crippen MR) is 62.9 cm³/mol. The van der Waals surface area contributed by atoms with Gasteiger partial charge in [-0.3, -0.25) is 0 Å². The number of carbonyl (C=O) groups is 1. The number of hydrogen-bond donors (Lipinski definition) is 2. The van der Waals surface area contributed by atoms with Crippen LogP contribution in [0.4, 0.5) is 10.5 Å². The quantitative estimate of drug-likeness (QED) is 0.764. The van der Waals surface area contributed by atoms with Crippen LogP contribution >= 0.6 is 0 Å². The normalized spacial score (nSPS) is 10.3. The summed E-state index contributed by atoms with van der Waals surface area (Å²) in [6, 6.07) is 5.73. The third-order valence-electron chi connectivity index (χ3n) is 2.02. The van der Waals surface area contributed by atoms with Crippen molar-refractivity contribution in [3.8, 4) is 0 Å². The van der Waals surface area contributed by atoms with Gasteiger partial charge in [0.15, 0.2) is 0 Å². The number of rotatable bonds is 2. The Morgan fingerprint density at radius 1 is 1.33 bits per heavy atom. The summed E-state index contributed by atoms with van der Waals surface area (Å²) in [5.41, 5.74) is 3.02. The summed E-state index contributed by atoms with van der Waals surface area (Å²) >= 11 is 0. The third kappa shape index (κ3) is 3.46. The molecular formula is C12H16N2O. The number of anilines is 1. The Kier molecular flexibility index (Phi) is 3.92. The van der Waals surface area contributed by atoms with Crippen LogP contribution in [0.3, 0.4) is 0 Å². The van der Waals surface area contributed by atoms with Crippen LogP contribution in [0.25, 0.3) is 0 Å². The van der Waals surface area contributed by atoms with Crippen molar-refractivity contribution in [2.75, 3.05) is 5.32 Å². The summed E-state index contributed by atoms with van der Waals surface area (Å²) in [6.45, 7) is 5.80. The van der Waals surface area contributed by atoms with Gasteiger partial charge in [-0.05, 0) is 38.0 Å². The number of allylic oxidation sites excluding steroid dienone is 1. The smallest absolute Gasteiger partial charge is 0.315 e. The highest BCUT2D eigenvalue weighted by molar-refractivity contribution is 5.90. The van der Waals surface area contributed by atoms with Crippen LogP contribution in [0.5, 0.6) is 0 Å². The molecule has 0 spiro atoms. The minimum absolute atomic E-state index is 0.221. The average Bonchev–Trinajstić information content (AvgIpc) is 2.20. The zero-order valence-electron chi connectivity index (χ0n) is 9.29. The van der Waals surface area contributed by atoms with Gasteiger partial charge in [0.05, 0.1) is 0 Å². The van der Waals surface area contributed by atoms with E-state index >= 15 is 0 Å². The summed E-state index contributed by atoms with van der Waals surface area (Å²) < 4.78 is 0. The molecule has 0 aliphatic heterocycles. The monoisotopic (exact) mass is 204 g/mol. The van der Waals surface area contributed by atoms with E-state index in [9.17, 15) is 4.79 Å². The van der Waals surface area contributed by atoms with Gasteiger partial charge in [0.1, 0.15) is 0 Å². The first-order valence-corrected chi connectivity index (χ1v) is 4.89. The van der Waals surface area contributed by atoms with Crippen LogP contribution in [0.2, 0.25) is 0 Å². The summed E-state index contributed by atoms with van der Waals surface area (Å²) in [6.07, 6.45) is 3.36. The van der Waals surface area contributed by atoms with Crippen molar-refractivity contribution in [2.24, 2.45) is 0 Å². The van der Waals surface area contributed by atoms with E-state index in [-0.39, 0.29) is 6.03 Å². The number of aryl methyl sites for hydroxylation is 2. The fourth-order valence-electron chi connectivity index (χ4n) is 1.19. The minimum atomic E-state index is -0.221. The van der Waals surface area contributed by atoms with Gasteiger partial charge in [-0.25, -0.2) is 4.79 Å². The van der Waals surface area contributed by atoms with Crippen LogP contribution < -0.4 is 10.6 Å². The van der Waals surface area contributed by atoms with E-state index in [0.717, 1.165) is 16.8 Å². The number of carbonyl (C=O) groups excluding carboxylic acids is 1. The van der Waals surface area contributed by atoms with Crippen molar-refractivity contribution >= 4 is 11.7 Å². The maximum atomic E-state index is 11.4. The van der Waals surface area contributed by atoms with E-state index in [1.54, 1.807) is 12.3 Å². The molecule has 2 amide bonds. The lowest BCUT2D eigenvalue weighted by molar-refractivity contribution is 0.255. The molecule has 0 heterocycles. The zero-order chi connectivity index (χ0) is 11.3. The molecule has 15 heavy (non-hydrogen) atoms. The van der Waals surface area contributed by atoms with E-state index in [4.69, 9.17) is 0 Å². The highest BCUT2D eigenvalue weighted by atomic mass is 16.2. The number of hydrogen-bond acceptors (Lipinski definition) is 1. The lowest BCUT2D eigenvalue weighted by atomic mass is 10.1. The summed E-state index contributed by atoms with van der Waals surface area (Å²) in [7, 11) is 0. The first-order valence-electron chi connectivity index (χ1n) is 4.89. The van der Waals surface area contributed by atoms with Crippen LogP contribution in [0.15, 0.2) is 30.5 Å². The lowest BCUT2D eigenvalue weighted by Crippen LogP contribution is -2.24. The van der Waals surface area contributed by atoms with Crippen LogP contribution in [-0.2, 0) is 0 Å². The summed E-state index contributed by atoms with van der Waals surface area (Å²) in [5.74, 6) is 0. The second-order valence-corrected chi connectivity index (χ2v) is 3.42. The number of benzene rings is 1. The molecule has 0 atom stereocenters. The largest absolute Gasteiger partial charge is 0.323 e. The topological polar surface area (TPSA) is 41.1 Å². The van der Waals surface area contributed by atoms with Crippen molar-refractivity contribution < 1.29 is 4.79 Å². The Morgan fingerprint density at radius 2 is 2.07 bits per heavy atom. The van der Waals surface area contributed by atoms with E-state index in [1.165, 1.54) is 0 Å². The fraction of sp³-hybridized carbons (Fsp3) is 0.250. The first kappa shape index (κ1) is 11.3. The van der Waals surface area contributed by atoms with Crippen molar-refractivity contribution in [1.29, 1.82) is 0 Å². The van der Waals surface area contributed by atoms with Gasteiger partial charge in [0, 0.05) is 11.9 Å². The summed E-state index contributed by atoms with van der Waals surface area (Å²) in [4.78, 5) is 11.4. The van der Waals surface area contributed by atoms with Crippen molar-refractivity contribution in [1.82, 2.24) is 5.32 Å². The molecule has 3 heteroatoms. The van der Waals surface area contributed by atoms with Gasteiger partial charge >= 0.3 is 6.03 Å². The van der Waals surface area contributed by atoms with E-state index in [0.29, 0.717) is 0 Å². The molecule has 0 unspecified atom stereocenters. The molecule has 0 fully saturated rings. The van der Waals surface area contributed by atoms with E-state index in [2.05, 4.69) is 10.6 Å². The second-order valence-electron chi connectivity index (χ2n) is 3.42. The van der Waals surface area contributed by atoms with Crippen molar-refractivity contribution in [3.63, 3.8) is 0 Å². The molecule has 0 aliphatic rings. The Balaban J connectivity index is 2.71. The first-order chi connectivity index (χ1) is 7.13. The van der Waals surface area contributed by atoms with Gasteiger partial charge in [0.2, 0.25) is 0 Å². The molecular weight excluding hydrogens is 188 g/mol. The average molecular weight is 204 g/mol. The predicted octanol–water partition coefficient (Wildman–Crippen LogP) is 2.96. The van der Waals surface area contributed by atoms with Gasteiger partial charge in [-0.15, -0.1) is 0 Å². The molecule has 1 aromatic carbocycles. The second kappa shape index (κ2) is 5.20. The Morgan fingerprint density at radius 3 is 2.73 bits per heavy atom. The van der Waals surface area contributed by atoms with E-state index < -0.39 is 0 Å². The standard InChI is InChI=1S/C12H16N2O/c1-4-7-13-12(15)14-11-8-9(2)5-6-10(11)3/h4-8H,1-3H3,(H2,13,14,15)/b7-4+. The Labute approximate surface area is 90.2 Å². The van der Waals surface area contributed by atoms with Crippen LogP contribution in [-0.4, -0.2) is 6.03 Å². The minimum Gasteiger partial charge on any atom is -0.315 e. The SMILES string of the molecule is C/C=C/NC(=O)Nc1cc(C)ccc1C. The molecule has 0 radical (unpaired) electrons. The maximum absolute atomic E-state index is 11.4. The van der Waals surface area contributed by atoms with Crippen molar-refractivity contribution in [3.05, 3.63) is 41.6 Å². The fourth-order valence-corrected chi connectivity index (χ4v) is 1.19. The van der Waals surface area contributed by atoms with Gasteiger partial charge in [-0.2, -0.15) is 0 Å². The molecule has 0 bridgehead atoms. The highest BCUT2D eigenvalue weighted by Gasteiger charge is 2.02. The molecule has 0 aliphatic carbocycles. The van der Waals surface area contributed by atoms with Gasteiger partial charge in [0.25, 0.3) is 0 Å². The number of nitrogens with one attached hydrogen (secondary N) is 2.